The maximum absolute atomic E-state index is 9.92. The summed E-state index contributed by atoms with van der Waals surface area (Å²) in [6.07, 6.45) is 3.78. The van der Waals surface area contributed by atoms with Gasteiger partial charge in [0.1, 0.15) is 28.9 Å². The molecule has 0 fully saturated rings. The van der Waals surface area contributed by atoms with E-state index in [-0.39, 0.29) is 11.8 Å². The molecule has 0 spiro atoms. The Hall–Kier alpha value is -3.65. The summed E-state index contributed by atoms with van der Waals surface area (Å²) >= 11 is 0. The van der Waals surface area contributed by atoms with Crippen molar-refractivity contribution in [3.63, 3.8) is 0 Å². The van der Waals surface area contributed by atoms with Gasteiger partial charge < -0.3 is 19.9 Å². The molecule has 5 nitrogen and oxygen atoms in total. The number of ether oxygens (including phenoxy) is 3. The van der Waals surface area contributed by atoms with Crippen molar-refractivity contribution in [3.05, 3.63) is 88.0 Å². The molecule has 0 radical (unpaired) electrons. The van der Waals surface area contributed by atoms with Crippen molar-refractivity contribution >= 4 is 6.08 Å². The lowest BCUT2D eigenvalue weighted by molar-refractivity contribution is 0.268. The zero-order chi connectivity index (χ0) is 22.0. The van der Waals surface area contributed by atoms with Gasteiger partial charge in [0.05, 0.1) is 20.1 Å². The zero-order valence-corrected chi connectivity index (χ0v) is 18.0. The third-order valence-electron chi connectivity index (χ3n) is 5.87. The van der Waals surface area contributed by atoms with Crippen molar-refractivity contribution in [1.82, 2.24) is 0 Å². The Kier molecular flexibility index (Phi) is 5.73. The van der Waals surface area contributed by atoms with E-state index in [0.717, 1.165) is 52.4 Å². The standard InChI is InChI=1S/C26H26N2O3/c1-16-12-18(14-17-8-4-6-10-22(17)29-2)25-20(13-16)24(21(15-27)26(28)31-25)19-9-5-7-11-23(19)30-3/h4-11,14,16,24H,12-13,28H2,1-3H3/b18-14+. The van der Waals surface area contributed by atoms with Crippen LogP contribution >= 0.6 is 0 Å². The highest BCUT2D eigenvalue weighted by Gasteiger charge is 2.38. The SMILES string of the molecule is COc1ccccc1/C=C1\CC(C)CC2=C1OC(N)=C(C#N)C2c1ccccc1OC. The number of nitrogens with zero attached hydrogens (tertiary/aromatic N) is 1. The number of hydrogen-bond acceptors (Lipinski definition) is 5. The van der Waals surface area contributed by atoms with Gasteiger partial charge in [0, 0.05) is 11.1 Å². The fourth-order valence-electron chi connectivity index (χ4n) is 4.54. The highest BCUT2D eigenvalue weighted by molar-refractivity contribution is 5.66. The van der Waals surface area contributed by atoms with Crippen molar-refractivity contribution in [2.45, 2.75) is 25.7 Å². The Morgan fingerprint density at radius 3 is 2.42 bits per heavy atom. The summed E-state index contributed by atoms with van der Waals surface area (Å²) in [5.74, 6) is 2.53. The predicted octanol–water partition coefficient (Wildman–Crippen LogP) is 5.28. The van der Waals surface area contributed by atoms with Crippen molar-refractivity contribution in [2.75, 3.05) is 14.2 Å². The quantitative estimate of drug-likeness (QED) is 0.737. The van der Waals surface area contributed by atoms with Crippen molar-refractivity contribution in [2.24, 2.45) is 11.7 Å². The zero-order valence-electron chi connectivity index (χ0n) is 18.0. The van der Waals surface area contributed by atoms with E-state index in [1.807, 2.05) is 48.5 Å². The molecule has 4 rings (SSSR count). The van der Waals surface area contributed by atoms with Gasteiger partial charge in [0.15, 0.2) is 0 Å². The first-order chi connectivity index (χ1) is 15.1. The number of methoxy groups -OCH3 is 2. The second kappa shape index (κ2) is 8.61. The maximum Gasteiger partial charge on any atom is 0.205 e. The predicted molar refractivity (Wildman–Crippen MR) is 120 cm³/mol. The van der Waals surface area contributed by atoms with Crippen LogP contribution in [0, 0.1) is 17.2 Å². The van der Waals surface area contributed by atoms with Crippen molar-refractivity contribution in [1.29, 1.82) is 5.26 Å². The summed E-state index contributed by atoms with van der Waals surface area (Å²) in [5, 5.41) is 9.92. The van der Waals surface area contributed by atoms with Crippen molar-refractivity contribution in [3.8, 4) is 17.6 Å². The Morgan fingerprint density at radius 1 is 1.03 bits per heavy atom. The molecule has 2 atom stereocenters. The molecule has 158 valence electrons. The largest absolute Gasteiger partial charge is 0.496 e. The molecular formula is C26H26N2O3. The van der Waals surface area contributed by atoms with Gasteiger partial charge in [0.2, 0.25) is 5.88 Å². The minimum atomic E-state index is -0.297. The molecule has 0 aromatic heterocycles. The molecule has 0 amide bonds. The second-order valence-electron chi connectivity index (χ2n) is 7.95. The van der Waals surface area contributed by atoms with Crippen LogP contribution in [0.3, 0.4) is 0 Å². The Bertz CT molecular complexity index is 1140. The monoisotopic (exact) mass is 414 g/mol. The van der Waals surface area contributed by atoms with Gasteiger partial charge in [0.25, 0.3) is 0 Å². The lowest BCUT2D eigenvalue weighted by Crippen LogP contribution is -2.26. The lowest BCUT2D eigenvalue weighted by Gasteiger charge is -2.36. The first kappa shape index (κ1) is 20.6. The molecule has 0 bridgehead atoms. The molecule has 0 saturated carbocycles. The van der Waals surface area contributed by atoms with Crippen LogP contribution in [0.25, 0.3) is 6.08 Å². The highest BCUT2D eigenvalue weighted by Crippen LogP contribution is 2.50. The van der Waals surface area contributed by atoms with Crippen LogP contribution in [0.1, 0.15) is 36.8 Å². The van der Waals surface area contributed by atoms with Gasteiger partial charge in [-0.2, -0.15) is 5.26 Å². The number of para-hydroxylation sites is 2. The molecule has 2 unspecified atom stereocenters. The number of benzene rings is 2. The van der Waals surface area contributed by atoms with Crippen LogP contribution in [0.4, 0.5) is 0 Å². The van der Waals surface area contributed by atoms with Crippen LogP contribution in [-0.2, 0) is 4.74 Å². The fraction of sp³-hybridized carbons (Fsp3) is 0.269. The minimum absolute atomic E-state index is 0.151. The van der Waals surface area contributed by atoms with E-state index in [4.69, 9.17) is 19.9 Å². The van der Waals surface area contributed by atoms with E-state index in [1.54, 1.807) is 14.2 Å². The van der Waals surface area contributed by atoms with E-state index < -0.39 is 0 Å². The first-order valence-corrected chi connectivity index (χ1v) is 10.3. The Labute approximate surface area is 183 Å². The summed E-state index contributed by atoms with van der Waals surface area (Å²) in [5.41, 5.74) is 10.7. The van der Waals surface area contributed by atoms with Gasteiger partial charge in [-0.25, -0.2) is 0 Å². The molecule has 5 heteroatoms. The normalized spacial score (nSPS) is 21.9. The first-order valence-electron chi connectivity index (χ1n) is 10.3. The van der Waals surface area contributed by atoms with E-state index in [9.17, 15) is 5.26 Å². The molecule has 0 saturated heterocycles. The summed E-state index contributed by atoms with van der Waals surface area (Å²) in [4.78, 5) is 0. The molecule has 2 aromatic rings. The number of allylic oxidation sites excluding steroid dienone is 3. The maximum atomic E-state index is 9.92. The van der Waals surface area contributed by atoms with Crippen LogP contribution < -0.4 is 15.2 Å². The molecule has 1 aliphatic heterocycles. The Balaban J connectivity index is 1.91. The lowest BCUT2D eigenvalue weighted by atomic mass is 9.73. The van der Waals surface area contributed by atoms with Crippen LogP contribution in [0.5, 0.6) is 11.5 Å². The van der Waals surface area contributed by atoms with Gasteiger partial charge in [-0.05, 0) is 48.1 Å². The van der Waals surface area contributed by atoms with E-state index >= 15 is 0 Å². The molecule has 2 aromatic carbocycles. The average molecular weight is 415 g/mol. The van der Waals surface area contributed by atoms with Crippen molar-refractivity contribution < 1.29 is 14.2 Å². The number of nitriles is 1. The molecule has 1 heterocycles. The third kappa shape index (κ3) is 3.77. The molecule has 2 aliphatic rings. The molecule has 2 N–H and O–H groups in total. The number of rotatable bonds is 4. The van der Waals surface area contributed by atoms with Gasteiger partial charge in [-0.1, -0.05) is 43.3 Å². The van der Waals surface area contributed by atoms with E-state index in [2.05, 4.69) is 19.1 Å². The molecular weight excluding hydrogens is 388 g/mol. The number of nitrogens with two attached hydrogens (primary N) is 1. The molecule has 31 heavy (non-hydrogen) atoms. The summed E-state index contributed by atoms with van der Waals surface area (Å²) in [6, 6.07) is 18.0. The third-order valence-corrected chi connectivity index (χ3v) is 5.87. The molecule has 1 aliphatic carbocycles. The topological polar surface area (TPSA) is 77.5 Å². The smallest absolute Gasteiger partial charge is 0.205 e. The van der Waals surface area contributed by atoms with E-state index in [0.29, 0.717) is 11.5 Å². The summed E-state index contributed by atoms with van der Waals surface area (Å²) in [7, 11) is 3.31. The van der Waals surface area contributed by atoms with Gasteiger partial charge in [-0.3, -0.25) is 0 Å². The summed E-state index contributed by atoms with van der Waals surface area (Å²) < 4.78 is 17.2. The Morgan fingerprint density at radius 2 is 1.71 bits per heavy atom. The van der Waals surface area contributed by atoms with Crippen LogP contribution in [0.2, 0.25) is 0 Å². The van der Waals surface area contributed by atoms with Crippen LogP contribution in [-0.4, -0.2) is 14.2 Å². The van der Waals surface area contributed by atoms with Gasteiger partial charge in [-0.15, -0.1) is 0 Å². The van der Waals surface area contributed by atoms with E-state index in [1.165, 1.54) is 0 Å². The summed E-state index contributed by atoms with van der Waals surface area (Å²) in [6.45, 7) is 2.22. The number of hydrogen-bond donors (Lipinski definition) is 1. The van der Waals surface area contributed by atoms with Gasteiger partial charge >= 0.3 is 0 Å². The minimum Gasteiger partial charge on any atom is -0.496 e. The fourth-order valence-corrected chi connectivity index (χ4v) is 4.54. The highest BCUT2D eigenvalue weighted by atomic mass is 16.5. The second-order valence-corrected chi connectivity index (χ2v) is 7.95. The van der Waals surface area contributed by atoms with Crippen LogP contribution in [0.15, 0.2) is 76.9 Å². The average Bonchev–Trinajstić information content (AvgIpc) is 2.79.